The second-order valence-corrected chi connectivity index (χ2v) is 4.54. The molecule has 0 aliphatic carbocycles. The maximum absolute atomic E-state index is 11.7. The first-order chi connectivity index (χ1) is 10.6. The van der Waals surface area contributed by atoms with Crippen LogP contribution in [0.3, 0.4) is 0 Å². The van der Waals surface area contributed by atoms with Gasteiger partial charge in [-0.1, -0.05) is 36.4 Å². The van der Waals surface area contributed by atoms with E-state index in [9.17, 15) is 9.59 Å². The van der Waals surface area contributed by atoms with Gasteiger partial charge in [0.2, 0.25) is 0 Å². The highest BCUT2D eigenvalue weighted by molar-refractivity contribution is 5.94. The van der Waals surface area contributed by atoms with E-state index in [1.807, 2.05) is 30.3 Å². The summed E-state index contributed by atoms with van der Waals surface area (Å²) < 4.78 is 0. The molecule has 0 unspecified atom stereocenters. The molecule has 0 fully saturated rings. The van der Waals surface area contributed by atoms with Gasteiger partial charge in [-0.3, -0.25) is 4.79 Å². The van der Waals surface area contributed by atoms with Crippen LogP contribution in [0.2, 0.25) is 0 Å². The SMILES string of the molecule is CC(=CC(=O)ONC(=O)c1ccccc1)Nc1ccccc1. The lowest BCUT2D eigenvalue weighted by Crippen LogP contribution is -2.26. The monoisotopic (exact) mass is 296 g/mol. The minimum Gasteiger partial charge on any atom is -0.359 e. The van der Waals surface area contributed by atoms with Gasteiger partial charge >= 0.3 is 5.97 Å². The minimum atomic E-state index is -0.662. The average molecular weight is 296 g/mol. The third kappa shape index (κ3) is 4.79. The normalized spacial score (nSPS) is 10.7. The summed E-state index contributed by atoms with van der Waals surface area (Å²) in [7, 11) is 0. The summed E-state index contributed by atoms with van der Waals surface area (Å²) in [4.78, 5) is 28.0. The van der Waals surface area contributed by atoms with Crippen LogP contribution in [0.5, 0.6) is 0 Å². The van der Waals surface area contributed by atoms with Crippen molar-refractivity contribution in [2.45, 2.75) is 6.92 Å². The molecule has 0 saturated heterocycles. The van der Waals surface area contributed by atoms with Crippen molar-refractivity contribution in [2.24, 2.45) is 0 Å². The number of para-hydroxylation sites is 1. The van der Waals surface area contributed by atoms with Crippen LogP contribution in [0, 0.1) is 0 Å². The van der Waals surface area contributed by atoms with Crippen LogP contribution >= 0.6 is 0 Å². The quantitative estimate of drug-likeness (QED) is 0.672. The topological polar surface area (TPSA) is 67.4 Å². The van der Waals surface area contributed by atoms with Crippen molar-refractivity contribution in [1.29, 1.82) is 0 Å². The summed E-state index contributed by atoms with van der Waals surface area (Å²) >= 11 is 0. The highest BCUT2D eigenvalue weighted by Crippen LogP contribution is 2.08. The number of hydroxylamine groups is 1. The molecule has 0 aliphatic heterocycles. The van der Waals surface area contributed by atoms with Crippen LogP contribution in [0.15, 0.2) is 72.4 Å². The molecule has 2 rings (SSSR count). The Kier molecular flexibility index (Phi) is 5.31. The standard InChI is InChI=1S/C17H16N2O3/c1-13(18-15-10-6-3-7-11-15)12-16(20)22-19-17(21)14-8-4-2-5-9-14/h2-12,18H,1H3,(H,19,21). The maximum Gasteiger partial charge on any atom is 0.357 e. The number of amides is 1. The Morgan fingerprint density at radius 3 is 2.18 bits per heavy atom. The van der Waals surface area contributed by atoms with Crippen LogP contribution in [-0.4, -0.2) is 11.9 Å². The molecule has 0 aliphatic rings. The summed E-state index contributed by atoms with van der Waals surface area (Å²) in [5.41, 5.74) is 3.98. The van der Waals surface area contributed by atoms with Gasteiger partial charge in [-0.25, -0.2) is 4.79 Å². The molecule has 22 heavy (non-hydrogen) atoms. The largest absolute Gasteiger partial charge is 0.359 e. The van der Waals surface area contributed by atoms with Gasteiger partial charge < -0.3 is 10.2 Å². The van der Waals surface area contributed by atoms with E-state index >= 15 is 0 Å². The lowest BCUT2D eigenvalue weighted by Gasteiger charge is -2.07. The number of benzene rings is 2. The van der Waals surface area contributed by atoms with Crippen LogP contribution in [0.4, 0.5) is 5.69 Å². The molecule has 112 valence electrons. The Hall–Kier alpha value is -3.08. The van der Waals surface area contributed by atoms with E-state index in [0.717, 1.165) is 5.69 Å². The molecular weight excluding hydrogens is 280 g/mol. The number of allylic oxidation sites excluding steroid dienone is 1. The molecule has 0 aromatic heterocycles. The summed E-state index contributed by atoms with van der Waals surface area (Å²) in [6.45, 7) is 1.73. The van der Waals surface area contributed by atoms with Gasteiger partial charge in [0.25, 0.3) is 5.91 Å². The van der Waals surface area contributed by atoms with Crippen LogP contribution in [0.1, 0.15) is 17.3 Å². The number of hydrogen-bond donors (Lipinski definition) is 2. The number of nitrogens with one attached hydrogen (secondary N) is 2. The van der Waals surface area contributed by atoms with Crippen LogP contribution in [-0.2, 0) is 9.63 Å². The average Bonchev–Trinajstić information content (AvgIpc) is 2.54. The molecule has 5 nitrogen and oxygen atoms in total. The smallest absolute Gasteiger partial charge is 0.357 e. The van der Waals surface area contributed by atoms with E-state index in [1.165, 1.54) is 6.08 Å². The van der Waals surface area contributed by atoms with Crippen molar-refractivity contribution >= 4 is 17.6 Å². The molecule has 0 heterocycles. The summed E-state index contributed by atoms with van der Waals surface area (Å²) in [6, 6.07) is 17.9. The molecule has 0 radical (unpaired) electrons. The number of hydrogen-bond acceptors (Lipinski definition) is 4. The zero-order valence-corrected chi connectivity index (χ0v) is 12.1. The second kappa shape index (κ2) is 7.64. The minimum absolute atomic E-state index is 0.415. The van der Waals surface area contributed by atoms with E-state index in [-0.39, 0.29) is 0 Å². The lowest BCUT2D eigenvalue weighted by atomic mass is 10.2. The van der Waals surface area contributed by atoms with Gasteiger partial charge in [0.1, 0.15) is 0 Å². The molecule has 2 N–H and O–H groups in total. The summed E-state index contributed by atoms with van der Waals surface area (Å²) in [5.74, 6) is -1.14. The second-order valence-electron chi connectivity index (χ2n) is 4.54. The molecule has 0 saturated carbocycles. The summed E-state index contributed by atoms with van der Waals surface area (Å²) in [6.07, 6.45) is 1.26. The van der Waals surface area contributed by atoms with Crippen molar-refractivity contribution in [3.05, 3.63) is 78.0 Å². The molecule has 0 bridgehead atoms. The van der Waals surface area contributed by atoms with Gasteiger partial charge in [0, 0.05) is 23.0 Å². The Labute approximate surface area is 128 Å². The Morgan fingerprint density at radius 2 is 1.55 bits per heavy atom. The van der Waals surface area contributed by atoms with Crippen molar-refractivity contribution in [3.63, 3.8) is 0 Å². The van der Waals surface area contributed by atoms with Crippen molar-refractivity contribution in [3.8, 4) is 0 Å². The molecule has 2 aromatic carbocycles. The number of carbonyl (C=O) groups is 2. The van der Waals surface area contributed by atoms with Gasteiger partial charge in [0.15, 0.2) is 0 Å². The zero-order chi connectivity index (χ0) is 15.8. The van der Waals surface area contributed by atoms with Crippen molar-refractivity contribution in [1.82, 2.24) is 5.48 Å². The molecular formula is C17H16N2O3. The Balaban J connectivity index is 1.84. The predicted molar refractivity (Wildman–Crippen MR) is 83.8 cm³/mol. The first-order valence-corrected chi connectivity index (χ1v) is 6.72. The van der Waals surface area contributed by atoms with E-state index in [0.29, 0.717) is 11.3 Å². The van der Waals surface area contributed by atoms with Gasteiger partial charge in [-0.15, -0.1) is 0 Å². The first kappa shape index (κ1) is 15.3. The van der Waals surface area contributed by atoms with Crippen LogP contribution < -0.4 is 10.8 Å². The summed E-state index contributed by atoms with van der Waals surface area (Å²) in [5, 5.41) is 3.04. The molecule has 1 amide bonds. The van der Waals surface area contributed by atoms with Gasteiger partial charge in [-0.2, -0.15) is 5.48 Å². The predicted octanol–water partition coefficient (Wildman–Crippen LogP) is 2.89. The van der Waals surface area contributed by atoms with E-state index < -0.39 is 11.9 Å². The first-order valence-electron chi connectivity index (χ1n) is 6.72. The molecule has 5 heteroatoms. The lowest BCUT2D eigenvalue weighted by molar-refractivity contribution is -0.142. The fraction of sp³-hybridized carbons (Fsp3) is 0.0588. The van der Waals surface area contributed by atoms with Gasteiger partial charge in [-0.05, 0) is 31.2 Å². The molecule has 0 spiro atoms. The van der Waals surface area contributed by atoms with Crippen LogP contribution in [0.25, 0.3) is 0 Å². The molecule has 0 atom stereocenters. The fourth-order valence-electron chi connectivity index (χ4n) is 1.74. The zero-order valence-electron chi connectivity index (χ0n) is 12.1. The Morgan fingerprint density at radius 1 is 0.955 bits per heavy atom. The van der Waals surface area contributed by atoms with Gasteiger partial charge in [0.05, 0.1) is 0 Å². The van der Waals surface area contributed by atoms with Crippen molar-refractivity contribution < 1.29 is 14.4 Å². The fourth-order valence-corrected chi connectivity index (χ4v) is 1.74. The third-order valence-corrected chi connectivity index (χ3v) is 2.73. The van der Waals surface area contributed by atoms with E-state index in [1.54, 1.807) is 37.3 Å². The molecule has 2 aromatic rings. The third-order valence-electron chi connectivity index (χ3n) is 2.73. The maximum atomic E-state index is 11.7. The van der Waals surface area contributed by atoms with E-state index in [4.69, 9.17) is 4.84 Å². The van der Waals surface area contributed by atoms with E-state index in [2.05, 4.69) is 10.8 Å². The van der Waals surface area contributed by atoms with Crippen molar-refractivity contribution in [2.75, 3.05) is 5.32 Å². The number of anilines is 1. The number of carbonyl (C=O) groups excluding carboxylic acids is 2. The number of rotatable bonds is 4. The highest BCUT2D eigenvalue weighted by Gasteiger charge is 2.07. The Bertz CT molecular complexity index is 667. The highest BCUT2D eigenvalue weighted by atomic mass is 16.7.